The molecule has 3 aromatic carbocycles. The van der Waals surface area contributed by atoms with E-state index in [1.165, 1.54) is 17.5 Å². The number of likely N-dealkylation sites (tertiary alicyclic amines) is 1. The summed E-state index contributed by atoms with van der Waals surface area (Å²) in [6.45, 7) is 6.70. The Balaban J connectivity index is 1.41. The molecule has 0 bridgehead atoms. The van der Waals surface area contributed by atoms with Crippen molar-refractivity contribution in [2.24, 2.45) is 23.7 Å². The van der Waals surface area contributed by atoms with Gasteiger partial charge in [0.2, 0.25) is 11.8 Å². The summed E-state index contributed by atoms with van der Waals surface area (Å²) in [5.74, 6) is -1.93. The third-order valence-corrected chi connectivity index (χ3v) is 10.1. The monoisotopic (exact) mass is 564 g/mol. The van der Waals surface area contributed by atoms with Crippen molar-refractivity contribution in [3.05, 3.63) is 102 Å². The Morgan fingerprint density at radius 2 is 1.38 bits per heavy atom. The second-order valence-electron chi connectivity index (χ2n) is 12.9. The molecule has 42 heavy (non-hydrogen) atoms. The molecule has 7 atom stereocenters. The van der Waals surface area contributed by atoms with Crippen LogP contribution in [-0.2, 0) is 24.5 Å². The summed E-state index contributed by atoms with van der Waals surface area (Å²) in [6.07, 6.45) is 2.50. The lowest BCUT2D eigenvalue weighted by atomic mass is 9.64. The largest absolute Gasteiger partial charge is 0.460 e. The topological polar surface area (TPSA) is 66.9 Å². The minimum atomic E-state index is -0.915. The molecule has 4 unspecified atom stereocenters. The lowest BCUT2D eigenvalue weighted by Gasteiger charge is -2.44. The molecule has 3 fully saturated rings. The predicted molar refractivity (Wildman–Crippen MR) is 163 cm³/mol. The number of nitrogens with zero attached hydrogens (tertiary/aromatic N) is 2. The fourth-order valence-corrected chi connectivity index (χ4v) is 7.83. The van der Waals surface area contributed by atoms with Gasteiger partial charge in [0.1, 0.15) is 12.1 Å². The van der Waals surface area contributed by atoms with Gasteiger partial charge in [0.05, 0.1) is 17.9 Å². The molecule has 0 radical (unpaired) electrons. The van der Waals surface area contributed by atoms with Gasteiger partial charge in [-0.05, 0) is 47.4 Å². The summed E-state index contributed by atoms with van der Waals surface area (Å²) < 4.78 is 6.57. The number of hydrogen-bond donors (Lipinski definition) is 0. The van der Waals surface area contributed by atoms with Crippen molar-refractivity contribution in [2.45, 2.75) is 63.6 Å². The zero-order valence-electron chi connectivity index (χ0n) is 24.9. The lowest BCUT2D eigenvalue weighted by molar-refractivity contribution is -0.160. The normalized spacial score (nSPS) is 29.5. The van der Waals surface area contributed by atoms with E-state index in [9.17, 15) is 14.4 Å². The smallest absolute Gasteiger partial charge is 0.329 e. The highest BCUT2D eigenvalue weighted by Crippen LogP contribution is 2.52. The Bertz CT molecular complexity index is 1440. The first kappa shape index (κ1) is 28.2. The summed E-state index contributed by atoms with van der Waals surface area (Å²) in [4.78, 5) is 45.1. The van der Waals surface area contributed by atoms with Crippen molar-refractivity contribution in [1.82, 2.24) is 4.90 Å². The van der Waals surface area contributed by atoms with E-state index < -0.39 is 29.9 Å². The Morgan fingerprint density at radius 1 is 0.810 bits per heavy atom. The number of para-hydroxylation sites is 1. The van der Waals surface area contributed by atoms with Crippen LogP contribution in [0.2, 0.25) is 0 Å². The Labute approximate surface area is 248 Å². The molecule has 218 valence electrons. The molecule has 0 aromatic heterocycles. The van der Waals surface area contributed by atoms with E-state index in [1.54, 1.807) is 0 Å². The Kier molecular flexibility index (Phi) is 7.42. The molecule has 3 aromatic rings. The highest BCUT2D eigenvalue weighted by atomic mass is 16.5. The second kappa shape index (κ2) is 11.0. The van der Waals surface area contributed by atoms with E-state index in [-0.39, 0.29) is 29.3 Å². The van der Waals surface area contributed by atoms with Gasteiger partial charge in [-0.2, -0.15) is 0 Å². The molecule has 6 nitrogen and oxygen atoms in total. The van der Waals surface area contributed by atoms with E-state index in [0.717, 1.165) is 30.5 Å². The zero-order valence-corrected chi connectivity index (χ0v) is 24.9. The van der Waals surface area contributed by atoms with Gasteiger partial charge in [-0.25, -0.2) is 4.79 Å². The first-order valence-electron chi connectivity index (χ1n) is 15.2. The maximum absolute atomic E-state index is 14.5. The van der Waals surface area contributed by atoms with Crippen molar-refractivity contribution in [1.29, 1.82) is 0 Å². The van der Waals surface area contributed by atoms with Crippen LogP contribution in [0.5, 0.6) is 0 Å². The molecule has 3 aliphatic rings. The minimum absolute atomic E-state index is 0.121. The van der Waals surface area contributed by atoms with E-state index in [2.05, 4.69) is 45.0 Å². The molecule has 2 saturated heterocycles. The van der Waals surface area contributed by atoms with Gasteiger partial charge >= 0.3 is 5.97 Å². The van der Waals surface area contributed by atoms with E-state index in [1.807, 2.05) is 71.6 Å². The van der Waals surface area contributed by atoms with Gasteiger partial charge < -0.3 is 9.64 Å². The first-order chi connectivity index (χ1) is 20.2. The number of esters is 1. The average molecular weight is 565 g/mol. The zero-order chi connectivity index (χ0) is 29.6. The molecule has 6 rings (SSSR count). The third-order valence-electron chi connectivity index (χ3n) is 10.1. The number of carbonyl (C=O) groups is 3. The quantitative estimate of drug-likeness (QED) is 0.265. The summed E-state index contributed by atoms with van der Waals surface area (Å²) in [5.41, 5.74) is 2.71. The molecule has 1 aliphatic carbocycles. The average Bonchev–Trinajstić information content (AvgIpc) is 3.47. The summed E-state index contributed by atoms with van der Waals surface area (Å²) >= 11 is 0. The molecule has 2 aliphatic heterocycles. The van der Waals surface area contributed by atoms with Crippen LogP contribution in [0.1, 0.15) is 57.2 Å². The third kappa shape index (κ3) is 4.71. The molecule has 1 saturated carbocycles. The van der Waals surface area contributed by atoms with Crippen molar-refractivity contribution in [2.75, 3.05) is 11.9 Å². The molecule has 0 spiro atoms. The number of benzene rings is 3. The highest BCUT2D eigenvalue weighted by Gasteiger charge is 2.64. The summed E-state index contributed by atoms with van der Waals surface area (Å²) in [6, 6.07) is 28.5. The van der Waals surface area contributed by atoms with Crippen LogP contribution in [0, 0.1) is 23.7 Å². The number of ether oxygens (including phenoxy) is 1. The second-order valence-corrected chi connectivity index (χ2v) is 12.9. The fraction of sp³-hybridized carbons (Fsp3) is 0.417. The van der Waals surface area contributed by atoms with Gasteiger partial charge in [-0.1, -0.05) is 106 Å². The highest BCUT2D eigenvalue weighted by molar-refractivity contribution is 6.09. The number of anilines is 1. The Morgan fingerprint density at radius 3 is 2.02 bits per heavy atom. The number of fused-ring (bicyclic) bond motifs is 1. The van der Waals surface area contributed by atoms with Crippen molar-refractivity contribution in [3.63, 3.8) is 0 Å². The molecule has 0 N–H and O–H groups in total. The van der Waals surface area contributed by atoms with Crippen LogP contribution in [-0.4, -0.2) is 41.9 Å². The SMILES string of the molecule is C[C@@H]1CC[C@@H](C(C)(C)c2ccccc2)[C@H](OC(=O)C2C3C(=O)N(C)C(=O)C3C(c3ccccc3)N2c2ccccc2)C1. The van der Waals surface area contributed by atoms with Crippen LogP contribution in [0.4, 0.5) is 5.69 Å². The van der Waals surface area contributed by atoms with Crippen molar-refractivity contribution < 1.29 is 19.1 Å². The van der Waals surface area contributed by atoms with Gasteiger partial charge in [0.25, 0.3) is 0 Å². The minimum Gasteiger partial charge on any atom is -0.460 e. The predicted octanol–water partition coefficient (Wildman–Crippen LogP) is 6.17. The summed E-state index contributed by atoms with van der Waals surface area (Å²) in [7, 11) is 1.53. The maximum Gasteiger partial charge on any atom is 0.329 e. The van der Waals surface area contributed by atoms with Crippen molar-refractivity contribution >= 4 is 23.5 Å². The number of rotatable bonds is 6. The summed E-state index contributed by atoms with van der Waals surface area (Å²) in [5, 5.41) is 0. The van der Waals surface area contributed by atoms with Gasteiger partial charge in [-0.15, -0.1) is 0 Å². The molecular formula is C36H40N2O4. The standard InChI is InChI=1S/C36H40N2O4/c1-23-20-21-27(36(2,3)25-16-10-6-11-17-25)28(22-23)42-35(41)32-30-29(33(39)37(4)34(30)40)31(24-14-8-5-9-15-24)38(32)26-18-12-7-13-19-26/h5-19,23,27-32H,20-22H2,1-4H3/t23-,27-,28-,29?,30?,31?,32?/m1/s1. The van der Waals surface area contributed by atoms with Crippen LogP contribution in [0.3, 0.4) is 0 Å². The number of carbonyl (C=O) groups excluding carboxylic acids is 3. The van der Waals surface area contributed by atoms with Gasteiger partial charge in [0, 0.05) is 18.7 Å². The van der Waals surface area contributed by atoms with Crippen LogP contribution >= 0.6 is 0 Å². The number of imide groups is 1. The molecular weight excluding hydrogens is 524 g/mol. The van der Waals surface area contributed by atoms with Crippen LogP contribution in [0.15, 0.2) is 91.0 Å². The van der Waals surface area contributed by atoms with E-state index in [0.29, 0.717) is 5.92 Å². The molecule has 2 heterocycles. The molecule has 6 heteroatoms. The van der Waals surface area contributed by atoms with Crippen molar-refractivity contribution in [3.8, 4) is 0 Å². The first-order valence-corrected chi connectivity index (χ1v) is 15.2. The van der Waals surface area contributed by atoms with E-state index >= 15 is 0 Å². The maximum atomic E-state index is 14.5. The Hall–Kier alpha value is -3.93. The lowest BCUT2D eigenvalue weighted by Crippen LogP contribution is -2.49. The van der Waals surface area contributed by atoms with Crippen LogP contribution in [0.25, 0.3) is 0 Å². The number of hydrogen-bond acceptors (Lipinski definition) is 5. The molecule has 2 amide bonds. The number of amides is 2. The van der Waals surface area contributed by atoms with E-state index in [4.69, 9.17) is 4.74 Å². The van der Waals surface area contributed by atoms with Crippen LogP contribution < -0.4 is 4.90 Å². The fourth-order valence-electron chi connectivity index (χ4n) is 7.83. The van der Waals surface area contributed by atoms with Gasteiger partial charge in [-0.3, -0.25) is 14.5 Å². The van der Waals surface area contributed by atoms with Gasteiger partial charge in [0.15, 0.2) is 0 Å².